The second kappa shape index (κ2) is 16.2. The standard InChI is InChI=1S/C26H31NO3.C12H18O.Ti/c1-16-6-7-24(28)21(10-16)13-27(14-22-11-17(2)8-19(4)25(22)29)15-23-12-18(3)9-20(5)26(23)30;1-8(2)10-6-5-7-11(9(3)4)12(10)13;/h6-12,28-30H,13-15H2,1-5H3;5-9,13H,1-4H3;. The molecule has 44 heavy (non-hydrogen) atoms. The topological polar surface area (TPSA) is 84.2 Å². The Morgan fingerprint density at radius 1 is 0.523 bits per heavy atom. The van der Waals surface area contributed by atoms with Crippen molar-refractivity contribution in [1.29, 1.82) is 0 Å². The van der Waals surface area contributed by atoms with Crippen LogP contribution in [-0.4, -0.2) is 25.3 Å². The number of hydrogen-bond acceptors (Lipinski definition) is 5. The van der Waals surface area contributed by atoms with Crippen molar-refractivity contribution in [1.82, 2.24) is 4.90 Å². The molecule has 4 N–H and O–H groups in total. The number of nitrogens with zero attached hydrogens (tertiary/aromatic N) is 1. The molecule has 0 heterocycles. The summed E-state index contributed by atoms with van der Waals surface area (Å²) in [6, 6.07) is 19.5. The third kappa shape index (κ3) is 9.63. The monoisotopic (exact) mass is 631 g/mol. The quantitative estimate of drug-likeness (QED) is 0.146. The molecular formula is C38H49NO4Ti. The summed E-state index contributed by atoms with van der Waals surface area (Å²) >= 11 is 0. The zero-order valence-electron chi connectivity index (χ0n) is 27.8. The molecule has 0 spiro atoms. The van der Waals surface area contributed by atoms with E-state index in [2.05, 4.69) is 32.6 Å². The fourth-order valence-electron chi connectivity index (χ4n) is 5.58. The summed E-state index contributed by atoms with van der Waals surface area (Å²) in [6.07, 6.45) is 0. The molecule has 0 amide bonds. The number of hydrogen-bond donors (Lipinski definition) is 4. The van der Waals surface area contributed by atoms with E-state index in [4.69, 9.17) is 0 Å². The van der Waals surface area contributed by atoms with Crippen LogP contribution in [0.15, 0.2) is 60.7 Å². The third-order valence-electron chi connectivity index (χ3n) is 7.81. The maximum atomic E-state index is 10.6. The van der Waals surface area contributed by atoms with E-state index in [1.54, 1.807) is 6.07 Å². The Balaban J connectivity index is 0.000000406. The van der Waals surface area contributed by atoms with Crippen LogP contribution in [0.5, 0.6) is 23.0 Å². The van der Waals surface area contributed by atoms with Gasteiger partial charge in [-0.25, -0.2) is 0 Å². The van der Waals surface area contributed by atoms with E-state index in [1.807, 2.05) is 89.2 Å². The number of phenolic OH excluding ortho intramolecular Hbond substituents is 4. The molecule has 0 saturated carbocycles. The predicted octanol–water partition coefficient (Wildman–Crippen LogP) is 9.18. The first-order valence-corrected chi connectivity index (χ1v) is 15.1. The van der Waals surface area contributed by atoms with Crippen molar-refractivity contribution >= 4 is 0 Å². The summed E-state index contributed by atoms with van der Waals surface area (Å²) < 4.78 is 0. The van der Waals surface area contributed by atoms with E-state index >= 15 is 0 Å². The van der Waals surface area contributed by atoms with Crippen molar-refractivity contribution in [2.24, 2.45) is 0 Å². The maximum absolute atomic E-state index is 10.6. The van der Waals surface area contributed by atoms with E-state index < -0.39 is 0 Å². The van der Waals surface area contributed by atoms with Gasteiger partial charge in [0.1, 0.15) is 23.0 Å². The van der Waals surface area contributed by atoms with Gasteiger partial charge in [-0.3, -0.25) is 4.90 Å². The van der Waals surface area contributed by atoms with Crippen molar-refractivity contribution < 1.29 is 42.1 Å². The Bertz CT molecular complexity index is 1480. The van der Waals surface area contributed by atoms with E-state index in [9.17, 15) is 20.4 Å². The zero-order chi connectivity index (χ0) is 32.0. The fourth-order valence-corrected chi connectivity index (χ4v) is 5.58. The Hall–Kier alpha value is -3.25. The molecule has 0 aliphatic heterocycles. The molecule has 5 nitrogen and oxygen atoms in total. The van der Waals surface area contributed by atoms with Crippen molar-refractivity contribution in [3.63, 3.8) is 0 Å². The molecule has 0 unspecified atom stereocenters. The Morgan fingerprint density at radius 3 is 1.36 bits per heavy atom. The zero-order valence-corrected chi connectivity index (χ0v) is 29.3. The summed E-state index contributed by atoms with van der Waals surface area (Å²) in [5.74, 6) is 2.09. The predicted molar refractivity (Wildman–Crippen MR) is 177 cm³/mol. The maximum Gasteiger partial charge on any atom is 0.122 e. The van der Waals surface area contributed by atoms with Crippen LogP contribution in [0.1, 0.15) is 95.2 Å². The van der Waals surface area contributed by atoms with Crippen LogP contribution >= 0.6 is 0 Å². The molecule has 234 valence electrons. The summed E-state index contributed by atoms with van der Waals surface area (Å²) in [6.45, 7) is 19.7. The fraction of sp³-hybridized carbons (Fsp3) is 0.368. The summed E-state index contributed by atoms with van der Waals surface area (Å²) in [4.78, 5) is 2.14. The Kier molecular flexibility index (Phi) is 13.6. The Labute approximate surface area is 279 Å². The molecule has 0 atom stereocenters. The van der Waals surface area contributed by atoms with Gasteiger partial charge in [0.25, 0.3) is 0 Å². The minimum absolute atomic E-state index is 0. The summed E-state index contributed by atoms with van der Waals surface area (Å²) in [5.41, 5.74) is 9.54. The minimum atomic E-state index is 0. The van der Waals surface area contributed by atoms with Gasteiger partial charge in [-0.1, -0.05) is 99.0 Å². The van der Waals surface area contributed by atoms with E-state index in [0.29, 0.717) is 48.7 Å². The molecule has 0 bridgehead atoms. The van der Waals surface area contributed by atoms with Gasteiger partial charge in [0.05, 0.1) is 0 Å². The smallest absolute Gasteiger partial charge is 0.122 e. The van der Waals surface area contributed by atoms with Crippen molar-refractivity contribution in [3.05, 3.63) is 116 Å². The molecule has 4 rings (SSSR count). The molecule has 0 aliphatic rings. The van der Waals surface area contributed by atoms with Crippen LogP contribution < -0.4 is 0 Å². The first-order chi connectivity index (χ1) is 20.2. The first kappa shape index (κ1) is 36.9. The van der Waals surface area contributed by atoms with Gasteiger partial charge >= 0.3 is 0 Å². The average Bonchev–Trinajstić information content (AvgIpc) is 2.92. The summed E-state index contributed by atoms with van der Waals surface area (Å²) in [7, 11) is 0. The second-order valence-electron chi connectivity index (χ2n) is 12.6. The van der Waals surface area contributed by atoms with Gasteiger partial charge in [-0.05, 0) is 74.8 Å². The number of phenols is 4. The van der Waals surface area contributed by atoms with Gasteiger partial charge in [0, 0.05) is 58.0 Å². The van der Waals surface area contributed by atoms with E-state index in [0.717, 1.165) is 55.6 Å². The molecule has 6 heteroatoms. The van der Waals surface area contributed by atoms with Crippen LogP contribution in [0.4, 0.5) is 0 Å². The molecule has 0 radical (unpaired) electrons. The summed E-state index contributed by atoms with van der Waals surface area (Å²) in [5, 5.41) is 41.5. The Morgan fingerprint density at radius 2 is 0.932 bits per heavy atom. The van der Waals surface area contributed by atoms with E-state index in [-0.39, 0.29) is 27.5 Å². The van der Waals surface area contributed by atoms with Crippen LogP contribution in [0, 0.1) is 34.6 Å². The molecule has 4 aromatic rings. The van der Waals surface area contributed by atoms with Gasteiger partial charge < -0.3 is 20.4 Å². The van der Waals surface area contributed by atoms with Gasteiger partial charge in [0.2, 0.25) is 0 Å². The number of rotatable bonds is 8. The molecular weight excluding hydrogens is 582 g/mol. The largest absolute Gasteiger partial charge is 0.508 e. The van der Waals surface area contributed by atoms with Crippen LogP contribution in [0.25, 0.3) is 0 Å². The second-order valence-corrected chi connectivity index (χ2v) is 12.6. The number of aryl methyl sites for hydroxylation is 5. The van der Waals surface area contributed by atoms with Crippen molar-refractivity contribution in [3.8, 4) is 23.0 Å². The van der Waals surface area contributed by atoms with E-state index in [1.165, 1.54) is 0 Å². The number of benzene rings is 4. The molecule has 0 aromatic heterocycles. The first-order valence-electron chi connectivity index (χ1n) is 15.1. The van der Waals surface area contributed by atoms with Gasteiger partial charge in [-0.15, -0.1) is 0 Å². The van der Waals surface area contributed by atoms with Gasteiger partial charge in [0.15, 0.2) is 0 Å². The molecule has 4 aromatic carbocycles. The average molecular weight is 632 g/mol. The number of aromatic hydroxyl groups is 4. The van der Waals surface area contributed by atoms with Crippen LogP contribution in [0.3, 0.4) is 0 Å². The van der Waals surface area contributed by atoms with Gasteiger partial charge in [-0.2, -0.15) is 0 Å². The molecule has 0 saturated heterocycles. The third-order valence-corrected chi connectivity index (χ3v) is 7.81. The molecule has 0 fully saturated rings. The van der Waals surface area contributed by atoms with Crippen LogP contribution in [0.2, 0.25) is 0 Å². The minimum Gasteiger partial charge on any atom is -0.508 e. The normalized spacial score (nSPS) is 11.0. The van der Waals surface area contributed by atoms with Crippen molar-refractivity contribution in [2.75, 3.05) is 0 Å². The van der Waals surface area contributed by atoms with Crippen LogP contribution in [-0.2, 0) is 41.4 Å². The number of para-hydroxylation sites is 1. The van der Waals surface area contributed by atoms with Crippen molar-refractivity contribution in [2.45, 2.75) is 93.8 Å². The SMILES string of the molecule is CC(C)c1cccc(C(C)C)c1O.Cc1ccc(O)c(CN(Cc2cc(C)cc(C)c2O)Cc2cc(C)cc(C)c2O)c1.[Ti]. The molecule has 0 aliphatic carbocycles.